The lowest BCUT2D eigenvalue weighted by atomic mass is 9.91. The zero-order chi connectivity index (χ0) is 18.6. The molecule has 0 amide bonds. The van der Waals surface area contributed by atoms with E-state index >= 15 is 0 Å². The lowest BCUT2D eigenvalue weighted by Gasteiger charge is -2.31. The Morgan fingerprint density at radius 1 is 1.07 bits per heavy atom. The fourth-order valence-electron chi connectivity index (χ4n) is 3.46. The average Bonchev–Trinajstić information content (AvgIpc) is 3.24. The maximum atomic E-state index is 4.65. The average molecular weight is 398 g/mol. The second-order valence-corrected chi connectivity index (χ2v) is 8.14. The van der Waals surface area contributed by atoms with E-state index in [1.165, 1.54) is 22.2 Å². The van der Waals surface area contributed by atoms with Gasteiger partial charge in [0.2, 0.25) is 5.95 Å². The Kier molecular flexibility index (Phi) is 5.69. The number of thioether (sulfide) groups is 1. The number of nitrogens with zero attached hydrogens (tertiary/aromatic N) is 5. The third kappa shape index (κ3) is 3.99. The van der Waals surface area contributed by atoms with Gasteiger partial charge in [0.1, 0.15) is 5.69 Å². The molecule has 7 heteroatoms. The summed E-state index contributed by atoms with van der Waals surface area (Å²) in [6, 6.07) is 8.63. The van der Waals surface area contributed by atoms with Crippen LogP contribution in [0, 0.1) is 0 Å². The lowest BCUT2D eigenvalue weighted by molar-refractivity contribution is 0.494. The van der Waals surface area contributed by atoms with Crippen molar-refractivity contribution in [1.29, 1.82) is 0 Å². The minimum atomic E-state index is 0.449. The van der Waals surface area contributed by atoms with Crippen molar-refractivity contribution in [2.75, 3.05) is 24.2 Å². The largest absolute Gasteiger partial charge is 0.341 e. The molecule has 140 valence electrons. The van der Waals surface area contributed by atoms with Crippen molar-refractivity contribution < 1.29 is 0 Å². The highest BCUT2D eigenvalue weighted by atomic mass is 32.2. The van der Waals surface area contributed by atoms with Gasteiger partial charge in [-0.15, -0.1) is 11.8 Å². The van der Waals surface area contributed by atoms with Crippen molar-refractivity contribution >= 4 is 29.4 Å². The third-order valence-electron chi connectivity index (χ3n) is 5.14. The monoisotopic (exact) mass is 397 g/mol. The fourth-order valence-corrected chi connectivity index (χ4v) is 4.51. The molecule has 0 radical (unpaired) electrons. The first-order valence-electron chi connectivity index (χ1n) is 9.31. The highest BCUT2D eigenvalue weighted by Crippen LogP contribution is 2.35. The van der Waals surface area contributed by atoms with Gasteiger partial charge in [0.05, 0.1) is 17.4 Å². The van der Waals surface area contributed by atoms with Gasteiger partial charge in [0.25, 0.3) is 0 Å². The van der Waals surface area contributed by atoms with Gasteiger partial charge >= 0.3 is 0 Å². The van der Waals surface area contributed by atoms with E-state index in [0.29, 0.717) is 5.92 Å². The Labute approximate surface area is 168 Å². The number of benzene rings is 1. The van der Waals surface area contributed by atoms with Crippen LogP contribution in [-0.2, 0) is 6.42 Å². The van der Waals surface area contributed by atoms with E-state index in [0.717, 1.165) is 55.3 Å². The predicted molar refractivity (Wildman–Crippen MR) is 113 cm³/mol. The minimum Gasteiger partial charge on any atom is -0.341 e. The second-order valence-electron chi connectivity index (χ2n) is 6.73. The second kappa shape index (κ2) is 8.35. The maximum absolute atomic E-state index is 4.65. The first-order chi connectivity index (χ1) is 13.3. The number of hydrogen-bond acceptors (Lipinski definition) is 7. The zero-order valence-corrected chi connectivity index (χ0v) is 17.3. The summed E-state index contributed by atoms with van der Waals surface area (Å²) in [6.45, 7) is 4.04. The molecule has 1 aromatic carbocycles. The first kappa shape index (κ1) is 18.4. The zero-order valence-electron chi connectivity index (χ0n) is 15.6. The molecule has 27 heavy (non-hydrogen) atoms. The van der Waals surface area contributed by atoms with E-state index in [4.69, 9.17) is 0 Å². The van der Waals surface area contributed by atoms with Gasteiger partial charge in [-0.3, -0.25) is 0 Å². The van der Waals surface area contributed by atoms with E-state index in [1.54, 1.807) is 11.8 Å². The topological polar surface area (TPSA) is 54.8 Å². The SMILES string of the molecule is CCc1cnc(N2CCC(c3nsnc3-c3ccc(SC)cc3)CC2)nc1. The van der Waals surface area contributed by atoms with Gasteiger partial charge in [0, 0.05) is 41.9 Å². The third-order valence-corrected chi connectivity index (χ3v) is 6.43. The Hall–Kier alpha value is -1.99. The Bertz CT molecular complexity index is 868. The molecule has 1 saturated heterocycles. The van der Waals surface area contributed by atoms with Crippen LogP contribution in [0.4, 0.5) is 5.95 Å². The van der Waals surface area contributed by atoms with E-state index in [1.807, 2.05) is 12.4 Å². The molecule has 3 aromatic rings. The van der Waals surface area contributed by atoms with E-state index in [9.17, 15) is 0 Å². The molecule has 0 N–H and O–H groups in total. The number of anilines is 1. The van der Waals surface area contributed by atoms with Gasteiger partial charge in [-0.2, -0.15) is 8.75 Å². The summed E-state index contributed by atoms with van der Waals surface area (Å²) in [5.41, 5.74) is 4.55. The highest BCUT2D eigenvalue weighted by Gasteiger charge is 2.26. The predicted octanol–water partition coefficient (Wildman–Crippen LogP) is 4.66. The highest BCUT2D eigenvalue weighted by molar-refractivity contribution is 7.98. The summed E-state index contributed by atoms with van der Waals surface area (Å²) in [5, 5.41) is 0. The Morgan fingerprint density at radius 2 is 1.78 bits per heavy atom. The number of aryl methyl sites for hydroxylation is 1. The van der Waals surface area contributed by atoms with Crippen LogP contribution >= 0.6 is 23.5 Å². The fraction of sp³-hybridized carbons (Fsp3) is 0.400. The summed E-state index contributed by atoms with van der Waals surface area (Å²) >= 11 is 3.08. The molecule has 5 nitrogen and oxygen atoms in total. The lowest BCUT2D eigenvalue weighted by Crippen LogP contribution is -2.34. The molecule has 0 atom stereocenters. The molecule has 1 aliphatic heterocycles. The molecule has 0 bridgehead atoms. The van der Waals surface area contributed by atoms with Crippen LogP contribution in [-0.4, -0.2) is 38.1 Å². The van der Waals surface area contributed by atoms with Crippen LogP contribution in [0.15, 0.2) is 41.6 Å². The molecule has 4 rings (SSSR count). The molecule has 0 spiro atoms. The molecule has 1 fully saturated rings. The van der Waals surface area contributed by atoms with Crippen LogP contribution in [0.1, 0.15) is 36.9 Å². The van der Waals surface area contributed by atoms with E-state index in [-0.39, 0.29) is 0 Å². The molecule has 0 aliphatic carbocycles. The molecular weight excluding hydrogens is 374 g/mol. The van der Waals surface area contributed by atoms with Crippen molar-refractivity contribution in [2.24, 2.45) is 0 Å². The smallest absolute Gasteiger partial charge is 0.225 e. The van der Waals surface area contributed by atoms with Crippen LogP contribution < -0.4 is 4.90 Å². The van der Waals surface area contributed by atoms with Crippen molar-refractivity contribution in [3.8, 4) is 11.3 Å². The standard InChI is InChI=1S/C20H23N5S2/c1-3-14-12-21-20(22-13-14)25-10-8-16(9-11-25)19-18(23-27-24-19)15-4-6-17(26-2)7-5-15/h4-7,12-13,16H,3,8-11H2,1-2H3. The Morgan fingerprint density at radius 3 is 2.41 bits per heavy atom. The van der Waals surface area contributed by atoms with Gasteiger partial charge in [-0.1, -0.05) is 19.1 Å². The summed E-state index contributed by atoms with van der Waals surface area (Å²) in [6.07, 6.45) is 9.06. The molecule has 1 aliphatic rings. The van der Waals surface area contributed by atoms with Gasteiger partial charge in [-0.05, 0) is 43.2 Å². The summed E-state index contributed by atoms with van der Waals surface area (Å²) in [7, 11) is 0. The first-order valence-corrected chi connectivity index (χ1v) is 11.3. The van der Waals surface area contributed by atoms with Crippen molar-refractivity contribution in [3.05, 3.63) is 47.9 Å². The molecule has 0 unspecified atom stereocenters. The summed E-state index contributed by atoms with van der Waals surface area (Å²) < 4.78 is 9.25. The van der Waals surface area contributed by atoms with Crippen LogP contribution in [0.25, 0.3) is 11.3 Å². The van der Waals surface area contributed by atoms with Crippen LogP contribution in [0.2, 0.25) is 0 Å². The molecule has 3 heterocycles. The van der Waals surface area contributed by atoms with Gasteiger partial charge in [0.15, 0.2) is 0 Å². The van der Waals surface area contributed by atoms with Crippen molar-refractivity contribution in [2.45, 2.75) is 37.0 Å². The van der Waals surface area contributed by atoms with E-state index < -0.39 is 0 Å². The normalized spacial score (nSPS) is 15.3. The maximum Gasteiger partial charge on any atom is 0.225 e. The molecule has 0 saturated carbocycles. The minimum absolute atomic E-state index is 0.449. The van der Waals surface area contributed by atoms with Crippen LogP contribution in [0.5, 0.6) is 0 Å². The number of hydrogen-bond donors (Lipinski definition) is 0. The van der Waals surface area contributed by atoms with Crippen molar-refractivity contribution in [3.63, 3.8) is 0 Å². The number of aromatic nitrogens is 4. The van der Waals surface area contributed by atoms with Crippen LogP contribution in [0.3, 0.4) is 0 Å². The number of piperidine rings is 1. The van der Waals surface area contributed by atoms with Crippen molar-refractivity contribution in [1.82, 2.24) is 18.7 Å². The van der Waals surface area contributed by atoms with Gasteiger partial charge in [-0.25, -0.2) is 9.97 Å². The van der Waals surface area contributed by atoms with E-state index in [2.05, 4.69) is 61.1 Å². The molecule has 2 aromatic heterocycles. The summed E-state index contributed by atoms with van der Waals surface area (Å²) in [4.78, 5) is 12.6. The quantitative estimate of drug-likeness (QED) is 0.584. The van der Waals surface area contributed by atoms with Gasteiger partial charge < -0.3 is 4.90 Å². The Balaban J connectivity index is 1.46. The number of rotatable bonds is 5. The molecular formula is C20H23N5S2. The summed E-state index contributed by atoms with van der Waals surface area (Å²) in [5.74, 6) is 1.29.